The van der Waals surface area contributed by atoms with Crippen LogP contribution in [0.4, 0.5) is 0 Å². The predicted octanol–water partition coefficient (Wildman–Crippen LogP) is 1.02. The van der Waals surface area contributed by atoms with Gasteiger partial charge in [-0.25, -0.2) is 0 Å². The number of ether oxygens (including phenoxy) is 1. The number of piperidine rings is 1. The average Bonchev–Trinajstić information content (AvgIpc) is 2.86. The number of aromatic nitrogens is 1. The fourth-order valence-corrected chi connectivity index (χ4v) is 5.97. The van der Waals surface area contributed by atoms with Crippen molar-refractivity contribution in [1.29, 1.82) is 0 Å². The van der Waals surface area contributed by atoms with Gasteiger partial charge in [0.1, 0.15) is 5.76 Å². The van der Waals surface area contributed by atoms with E-state index in [1.807, 2.05) is 10.6 Å². The number of nitrogens with one attached hydrogen (secondary N) is 1. The monoisotopic (exact) mass is 497 g/mol. The van der Waals surface area contributed by atoms with E-state index in [4.69, 9.17) is 9.15 Å². The lowest BCUT2D eigenvalue weighted by atomic mass is 9.74. The summed E-state index contributed by atoms with van der Waals surface area (Å²) in [5, 5.41) is 13.2. The molecule has 0 aliphatic carbocycles. The van der Waals surface area contributed by atoms with E-state index in [-0.39, 0.29) is 47.9 Å². The standard InChI is InChI=1S/C26H31N3O7/c1-16-9-20(30)24(34)25(36-16)26(5-7-35-8-6-26)11-21(31)27-12-23(33)28-13-17-10-18(15-28)19-3-2-4-22(32)29(19)14-17/h2-4,9,17-18,34H,5-8,10-15H2,1H3,(H,27,31). The van der Waals surface area contributed by atoms with Crippen molar-refractivity contribution in [1.82, 2.24) is 14.8 Å². The molecule has 36 heavy (non-hydrogen) atoms. The summed E-state index contributed by atoms with van der Waals surface area (Å²) in [5.74, 6) is -0.245. The molecule has 192 valence electrons. The molecular weight excluding hydrogens is 466 g/mol. The molecule has 5 rings (SSSR count). The third-order valence-electron chi connectivity index (χ3n) is 7.75. The summed E-state index contributed by atoms with van der Waals surface area (Å²) in [5.41, 5.74) is -0.484. The minimum Gasteiger partial charge on any atom is -0.502 e. The number of aryl methyl sites for hydroxylation is 1. The van der Waals surface area contributed by atoms with E-state index in [0.717, 1.165) is 12.1 Å². The lowest BCUT2D eigenvalue weighted by Crippen LogP contribution is -2.51. The Morgan fingerprint density at radius 1 is 1.17 bits per heavy atom. The molecule has 3 aliphatic heterocycles. The van der Waals surface area contributed by atoms with Crippen molar-refractivity contribution in [2.45, 2.75) is 50.5 Å². The van der Waals surface area contributed by atoms with Crippen LogP contribution >= 0.6 is 0 Å². The van der Waals surface area contributed by atoms with Crippen LogP contribution in [0.25, 0.3) is 0 Å². The van der Waals surface area contributed by atoms with E-state index in [2.05, 4.69) is 5.32 Å². The van der Waals surface area contributed by atoms with Gasteiger partial charge >= 0.3 is 0 Å². The molecule has 2 amide bonds. The lowest BCUT2D eigenvalue weighted by Gasteiger charge is -2.42. The highest BCUT2D eigenvalue weighted by Crippen LogP contribution is 2.41. The molecule has 2 bridgehead atoms. The summed E-state index contributed by atoms with van der Waals surface area (Å²) < 4.78 is 13.0. The van der Waals surface area contributed by atoms with Crippen LogP contribution in [0.1, 0.15) is 48.8 Å². The van der Waals surface area contributed by atoms with Crippen molar-refractivity contribution in [3.63, 3.8) is 0 Å². The van der Waals surface area contributed by atoms with Gasteiger partial charge in [0, 0.05) is 68.4 Å². The molecule has 10 nitrogen and oxygen atoms in total. The number of likely N-dealkylation sites (tertiary alicyclic amines) is 1. The molecule has 0 aromatic carbocycles. The second-order valence-corrected chi connectivity index (χ2v) is 10.2. The molecule has 10 heteroatoms. The Morgan fingerprint density at radius 2 is 1.94 bits per heavy atom. The van der Waals surface area contributed by atoms with Crippen LogP contribution in [-0.2, 0) is 26.3 Å². The summed E-state index contributed by atoms with van der Waals surface area (Å²) in [6, 6.07) is 6.49. The van der Waals surface area contributed by atoms with Gasteiger partial charge in [0.15, 0.2) is 5.76 Å². The zero-order valence-corrected chi connectivity index (χ0v) is 20.3. The Bertz CT molecular complexity index is 1290. The van der Waals surface area contributed by atoms with Gasteiger partial charge in [0.25, 0.3) is 5.56 Å². The van der Waals surface area contributed by atoms with Crippen molar-refractivity contribution < 1.29 is 23.8 Å². The van der Waals surface area contributed by atoms with Gasteiger partial charge in [0.2, 0.25) is 23.0 Å². The number of hydrogen-bond acceptors (Lipinski definition) is 7. The maximum absolute atomic E-state index is 13.0. The quantitative estimate of drug-likeness (QED) is 0.630. The molecule has 3 aliphatic rings. The summed E-state index contributed by atoms with van der Waals surface area (Å²) in [6.45, 7) is 3.87. The largest absolute Gasteiger partial charge is 0.502 e. The molecule has 2 aromatic rings. The van der Waals surface area contributed by atoms with Gasteiger partial charge in [0.05, 0.1) is 6.54 Å². The minimum atomic E-state index is -0.889. The van der Waals surface area contributed by atoms with Gasteiger partial charge < -0.3 is 29.0 Å². The van der Waals surface area contributed by atoms with E-state index in [1.54, 1.807) is 24.0 Å². The molecule has 2 N–H and O–H groups in total. The van der Waals surface area contributed by atoms with Crippen LogP contribution in [-0.4, -0.2) is 59.2 Å². The number of carbonyl (C=O) groups excluding carboxylic acids is 2. The minimum absolute atomic E-state index is 0.00763. The second-order valence-electron chi connectivity index (χ2n) is 10.2. The van der Waals surface area contributed by atoms with Crippen molar-refractivity contribution in [2.24, 2.45) is 5.92 Å². The topological polar surface area (TPSA) is 131 Å². The Kier molecular flexibility index (Phi) is 6.46. The number of hydrogen-bond donors (Lipinski definition) is 2. The van der Waals surface area contributed by atoms with Crippen molar-refractivity contribution in [3.05, 3.63) is 62.1 Å². The zero-order chi connectivity index (χ0) is 25.4. The fourth-order valence-electron chi connectivity index (χ4n) is 5.97. The molecule has 2 unspecified atom stereocenters. The van der Waals surface area contributed by atoms with Crippen LogP contribution in [0.15, 0.2) is 38.3 Å². The van der Waals surface area contributed by atoms with Crippen molar-refractivity contribution in [3.8, 4) is 5.75 Å². The third kappa shape index (κ3) is 4.57. The number of fused-ring (bicyclic) bond motifs is 4. The highest BCUT2D eigenvalue weighted by molar-refractivity contribution is 5.85. The van der Waals surface area contributed by atoms with Crippen molar-refractivity contribution >= 4 is 11.8 Å². The molecule has 2 fully saturated rings. The normalized spacial score (nSPS) is 22.5. The Morgan fingerprint density at radius 3 is 2.72 bits per heavy atom. The first kappa shape index (κ1) is 24.3. The summed E-state index contributed by atoms with van der Waals surface area (Å²) in [6.07, 6.45) is 1.71. The predicted molar refractivity (Wildman–Crippen MR) is 129 cm³/mol. The molecule has 0 radical (unpaired) electrons. The maximum Gasteiger partial charge on any atom is 0.250 e. The van der Waals surface area contributed by atoms with Crippen LogP contribution < -0.4 is 16.3 Å². The first-order valence-electron chi connectivity index (χ1n) is 12.4. The molecule has 0 saturated carbocycles. The van der Waals surface area contributed by atoms with Crippen LogP contribution in [0.2, 0.25) is 0 Å². The number of rotatable bonds is 5. The fraction of sp³-hybridized carbons (Fsp3) is 0.538. The highest BCUT2D eigenvalue weighted by atomic mass is 16.5. The summed E-state index contributed by atoms with van der Waals surface area (Å²) in [7, 11) is 0. The van der Waals surface area contributed by atoms with Crippen LogP contribution in [0.5, 0.6) is 5.75 Å². The van der Waals surface area contributed by atoms with Gasteiger partial charge in [-0.2, -0.15) is 0 Å². The van der Waals surface area contributed by atoms with E-state index in [9.17, 15) is 24.3 Å². The van der Waals surface area contributed by atoms with E-state index in [0.29, 0.717) is 51.4 Å². The van der Waals surface area contributed by atoms with Gasteiger partial charge in [-0.05, 0) is 38.2 Å². The average molecular weight is 498 g/mol. The number of amides is 2. The van der Waals surface area contributed by atoms with Gasteiger partial charge in [-0.1, -0.05) is 6.07 Å². The van der Waals surface area contributed by atoms with Crippen LogP contribution in [0.3, 0.4) is 0 Å². The van der Waals surface area contributed by atoms with E-state index >= 15 is 0 Å². The summed E-state index contributed by atoms with van der Waals surface area (Å²) in [4.78, 5) is 52.2. The van der Waals surface area contributed by atoms with E-state index < -0.39 is 16.6 Å². The van der Waals surface area contributed by atoms with Gasteiger partial charge in [-0.15, -0.1) is 0 Å². The number of pyridine rings is 1. The Balaban J connectivity index is 1.25. The van der Waals surface area contributed by atoms with Crippen molar-refractivity contribution in [2.75, 3.05) is 32.8 Å². The number of carbonyl (C=O) groups is 2. The molecule has 2 aromatic heterocycles. The highest BCUT2D eigenvalue weighted by Gasteiger charge is 2.42. The zero-order valence-electron chi connectivity index (χ0n) is 20.3. The first-order chi connectivity index (χ1) is 17.3. The SMILES string of the molecule is Cc1cc(=O)c(O)c(C2(CC(=O)NCC(=O)N3CC4CC(C3)c3cccc(=O)n3C4)CCOCC2)o1. The molecule has 2 atom stereocenters. The van der Waals surface area contributed by atoms with Gasteiger partial charge in [-0.3, -0.25) is 19.2 Å². The Labute approximate surface area is 207 Å². The molecule has 2 saturated heterocycles. The molecular formula is C26H31N3O7. The number of nitrogens with zero attached hydrogens (tertiary/aromatic N) is 2. The lowest BCUT2D eigenvalue weighted by molar-refractivity contribution is -0.135. The molecule has 5 heterocycles. The third-order valence-corrected chi connectivity index (χ3v) is 7.75. The van der Waals surface area contributed by atoms with Crippen LogP contribution in [0, 0.1) is 12.8 Å². The maximum atomic E-state index is 13.0. The Hall–Kier alpha value is -3.40. The molecule has 0 spiro atoms. The first-order valence-corrected chi connectivity index (χ1v) is 12.4. The second kappa shape index (κ2) is 9.57. The van der Waals surface area contributed by atoms with E-state index in [1.165, 1.54) is 6.07 Å². The number of aromatic hydroxyl groups is 1. The summed E-state index contributed by atoms with van der Waals surface area (Å²) >= 11 is 0. The smallest absolute Gasteiger partial charge is 0.250 e.